The lowest BCUT2D eigenvalue weighted by Crippen LogP contribution is -2.38. The van der Waals surface area contributed by atoms with E-state index in [1.807, 2.05) is 0 Å². The zero-order valence-corrected chi connectivity index (χ0v) is 12.4. The molecule has 0 unspecified atom stereocenters. The summed E-state index contributed by atoms with van der Waals surface area (Å²) in [6.07, 6.45) is 1.82. The molecule has 3 rings (SSSR count). The average molecular weight is 335 g/mol. The second-order valence-corrected chi connectivity index (χ2v) is 4.99. The van der Waals surface area contributed by atoms with Gasteiger partial charge in [0.1, 0.15) is 0 Å². The SMILES string of the molecule is CCn1cc(C(F)(F)C(=O)ON2C(=O)c3ccccc3C2=O)cn1. The van der Waals surface area contributed by atoms with Gasteiger partial charge in [0.2, 0.25) is 0 Å². The van der Waals surface area contributed by atoms with Gasteiger partial charge >= 0.3 is 11.9 Å². The molecule has 0 aliphatic carbocycles. The molecule has 1 aromatic heterocycles. The fourth-order valence-electron chi connectivity index (χ4n) is 2.21. The standard InChI is InChI=1S/C15H11F2N3O4/c1-2-19-8-9(7-18-19)15(16,17)14(23)24-20-12(21)10-5-3-4-6-11(10)13(20)22/h3-8H,2H2,1H3. The van der Waals surface area contributed by atoms with E-state index in [1.165, 1.54) is 28.9 Å². The highest BCUT2D eigenvalue weighted by molar-refractivity contribution is 6.20. The van der Waals surface area contributed by atoms with Crippen molar-refractivity contribution in [2.45, 2.75) is 19.4 Å². The van der Waals surface area contributed by atoms with Gasteiger partial charge in [0.15, 0.2) is 0 Å². The summed E-state index contributed by atoms with van der Waals surface area (Å²) in [7, 11) is 0. The molecule has 1 aliphatic heterocycles. The second-order valence-electron chi connectivity index (χ2n) is 4.99. The van der Waals surface area contributed by atoms with Crippen LogP contribution < -0.4 is 0 Å². The van der Waals surface area contributed by atoms with Crippen molar-refractivity contribution in [1.82, 2.24) is 14.8 Å². The minimum Gasteiger partial charge on any atom is -0.323 e. The highest BCUT2D eigenvalue weighted by atomic mass is 19.3. The first kappa shape index (κ1) is 15.8. The zero-order valence-electron chi connectivity index (χ0n) is 12.4. The van der Waals surface area contributed by atoms with Crippen molar-refractivity contribution in [1.29, 1.82) is 0 Å². The summed E-state index contributed by atoms with van der Waals surface area (Å²) in [5, 5.41) is 3.71. The monoisotopic (exact) mass is 335 g/mol. The molecular weight excluding hydrogens is 324 g/mol. The van der Waals surface area contributed by atoms with Crippen LogP contribution in [0.4, 0.5) is 8.78 Å². The average Bonchev–Trinajstić information content (AvgIpc) is 3.15. The van der Waals surface area contributed by atoms with Crippen molar-refractivity contribution in [3.05, 3.63) is 53.3 Å². The number of benzene rings is 1. The summed E-state index contributed by atoms with van der Waals surface area (Å²) >= 11 is 0. The number of carbonyl (C=O) groups is 3. The van der Waals surface area contributed by atoms with Crippen LogP contribution >= 0.6 is 0 Å². The number of fused-ring (bicyclic) bond motifs is 1. The summed E-state index contributed by atoms with van der Waals surface area (Å²) in [4.78, 5) is 40.2. The predicted octanol–water partition coefficient (Wildman–Crippen LogP) is 1.75. The summed E-state index contributed by atoms with van der Waals surface area (Å²) in [6.45, 7) is 2.02. The summed E-state index contributed by atoms with van der Waals surface area (Å²) < 4.78 is 29.5. The Kier molecular flexibility index (Phi) is 3.63. The number of aryl methyl sites for hydroxylation is 1. The minimum atomic E-state index is -4.05. The van der Waals surface area contributed by atoms with E-state index in [-0.39, 0.29) is 16.2 Å². The van der Waals surface area contributed by atoms with Gasteiger partial charge < -0.3 is 4.84 Å². The van der Waals surface area contributed by atoms with Gasteiger partial charge in [-0.25, -0.2) is 4.79 Å². The molecular formula is C15H11F2N3O4. The number of imide groups is 1. The van der Waals surface area contributed by atoms with Crippen molar-refractivity contribution in [2.24, 2.45) is 0 Å². The normalized spacial score (nSPS) is 14.0. The largest absolute Gasteiger partial charge is 0.407 e. The van der Waals surface area contributed by atoms with Crippen molar-refractivity contribution >= 4 is 17.8 Å². The Morgan fingerprint density at radius 1 is 1.21 bits per heavy atom. The molecule has 0 atom stereocenters. The number of halogens is 2. The third-order valence-electron chi connectivity index (χ3n) is 3.51. The summed E-state index contributed by atoms with van der Waals surface area (Å²) in [5.41, 5.74) is -0.721. The van der Waals surface area contributed by atoms with Crippen molar-refractivity contribution in [3.8, 4) is 0 Å². The number of rotatable bonds is 4. The van der Waals surface area contributed by atoms with E-state index in [0.29, 0.717) is 6.54 Å². The number of hydrogen-bond donors (Lipinski definition) is 0. The Labute approximate surface area is 134 Å². The first-order chi connectivity index (χ1) is 11.4. The van der Waals surface area contributed by atoms with E-state index < -0.39 is 29.3 Å². The molecule has 0 N–H and O–H groups in total. The van der Waals surface area contributed by atoms with Crippen LogP contribution in [0.2, 0.25) is 0 Å². The van der Waals surface area contributed by atoms with Gasteiger partial charge in [0.25, 0.3) is 11.8 Å². The summed E-state index contributed by atoms with van der Waals surface area (Å²) in [5.74, 6) is -8.02. The molecule has 124 valence electrons. The van der Waals surface area contributed by atoms with Gasteiger partial charge in [-0.3, -0.25) is 14.3 Å². The van der Waals surface area contributed by atoms with Crippen LogP contribution in [-0.4, -0.2) is 32.6 Å². The highest BCUT2D eigenvalue weighted by Crippen LogP contribution is 2.31. The van der Waals surface area contributed by atoms with Crippen LogP contribution in [0.1, 0.15) is 33.2 Å². The lowest BCUT2D eigenvalue weighted by Gasteiger charge is -2.17. The Balaban J connectivity index is 1.82. The van der Waals surface area contributed by atoms with E-state index in [1.54, 1.807) is 6.92 Å². The van der Waals surface area contributed by atoms with Gasteiger partial charge in [-0.15, -0.1) is 0 Å². The number of hydrogen-bond acceptors (Lipinski definition) is 5. The van der Waals surface area contributed by atoms with E-state index in [9.17, 15) is 23.2 Å². The predicted molar refractivity (Wildman–Crippen MR) is 74.8 cm³/mol. The third-order valence-corrected chi connectivity index (χ3v) is 3.51. The first-order valence-electron chi connectivity index (χ1n) is 6.97. The van der Waals surface area contributed by atoms with Crippen LogP contribution in [0.5, 0.6) is 0 Å². The summed E-state index contributed by atoms with van der Waals surface area (Å²) in [6, 6.07) is 5.69. The maximum Gasteiger partial charge on any atom is 0.407 e. The van der Waals surface area contributed by atoms with Gasteiger partial charge in [-0.1, -0.05) is 17.2 Å². The molecule has 0 saturated carbocycles. The molecule has 0 saturated heterocycles. The van der Waals surface area contributed by atoms with Gasteiger partial charge in [0, 0.05) is 12.7 Å². The molecule has 24 heavy (non-hydrogen) atoms. The number of nitrogens with zero attached hydrogens (tertiary/aromatic N) is 3. The van der Waals surface area contributed by atoms with E-state index in [2.05, 4.69) is 9.94 Å². The molecule has 0 fully saturated rings. The number of aromatic nitrogens is 2. The lowest BCUT2D eigenvalue weighted by molar-refractivity contribution is -0.198. The molecule has 1 aliphatic rings. The molecule has 0 bridgehead atoms. The maximum absolute atomic E-state index is 14.2. The van der Waals surface area contributed by atoms with Crippen LogP contribution in [0.25, 0.3) is 0 Å². The Hall–Kier alpha value is -3.10. The molecule has 2 heterocycles. The Morgan fingerprint density at radius 3 is 2.29 bits per heavy atom. The molecule has 9 heteroatoms. The smallest absolute Gasteiger partial charge is 0.323 e. The molecule has 2 amide bonds. The number of amides is 2. The van der Waals surface area contributed by atoms with Crippen LogP contribution in [0.15, 0.2) is 36.7 Å². The lowest BCUT2D eigenvalue weighted by atomic mass is 10.1. The Bertz CT molecular complexity index is 812. The highest BCUT2D eigenvalue weighted by Gasteiger charge is 2.48. The van der Waals surface area contributed by atoms with Crippen molar-refractivity contribution in [2.75, 3.05) is 0 Å². The minimum absolute atomic E-state index is 0.0163. The van der Waals surface area contributed by atoms with E-state index in [4.69, 9.17) is 0 Å². The second kappa shape index (κ2) is 5.52. The molecule has 2 aromatic rings. The van der Waals surface area contributed by atoms with Crippen molar-refractivity contribution in [3.63, 3.8) is 0 Å². The quantitative estimate of drug-likeness (QED) is 0.795. The number of hydroxylamine groups is 2. The maximum atomic E-state index is 14.2. The van der Waals surface area contributed by atoms with Crippen LogP contribution in [0.3, 0.4) is 0 Å². The van der Waals surface area contributed by atoms with Gasteiger partial charge in [0.05, 0.1) is 22.9 Å². The topological polar surface area (TPSA) is 81.5 Å². The Morgan fingerprint density at radius 2 is 1.79 bits per heavy atom. The van der Waals surface area contributed by atoms with Gasteiger partial charge in [-0.05, 0) is 19.1 Å². The van der Waals surface area contributed by atoms with Crippen LogP contribution in [0, 0.1) is 0 Å². The number of carbonyl (C=O) groups excluding carboxylic acids is 3. The van der Waals surface area contributed by atoms with E-state index >= 15 is 0 Å². The first-order valence-corrected chi connectivity index (χ1v) is 6.97. The molecule has 0 spiro atoms. The van der Waals surface area contributed by atoms with Gasteiger partial charge in [-0.2, -0.15) is 13.9 Å². The fraction of sp³-hybridized carbons (Fsp3) is 0.200. The zero-order chi connectivity index (χ0) is 17.5. The molecule has 7 nitrogen and oxygen atoms in total. The third kappa shape index (κ3) is 2.34. The molecule has 0 radical (unpaired) electrons. The molecule has 1 aromatic carbocycles. The fourth-order valence-corrected chi connectivity index (χ4v) is 2.21. The van der Waals surface area contributed by atoms with Crippen LogP contribution in [-0.2, 0) is 22.1 Å². The number of alkyl halides is 2. The van der Waals surface area contributed by atoms with E-state index in [0.717, 1.165) is 12.4 Å². The van der Waals surface area contributed by atoms with Crippen molar-refractivity contribution < 1.29 is 28.0 Å².